The van der Waals surface area contributed by atoms with E-state index in [1.54, 1.807) is 0 Å². The molecule has 2 aromatic carbocycles. The van der Waals surface area contributed by atoms with Gasteiger partial charge >= 0.3 is 0 Å². The van der Waals surface area contributed by atoms with Gasteiger partial charge in [-0.05, 0) is 61.9 Å². The van der Waals surface area contributed by atoms with Crippen LogP contribution >= 0.6 is 11.8 Å². The van der Waals surface area contributed by atoms with E-state index in [9.17, 15) is 4.79 Å². The van der Waals surface area contributed by atoms with E-state index in [4.69, 9.17) is 0 Å². The Bertz CT molecular complexity index is 1250. The molecule has 0 fully saturated rings. The third kappa shape index (κ3) is 3.35. The van der Waals surface area contributed by atoms with Gasteiger partial charge in [0, 0.05) is 5.39 Å². The van der Waals surface area contributed by atoms with E-state index in [2.05, 4.69) is 58.8 Å². The van der Waals surface area contributed by atoms with Crippen LogP contribution in [-0.4, -0.2) is 25.8 Å². The number of nitrogens with zero attached hydrogens (tertiary/aromatic N) is 3. The van der Waals surface area contributed by atoms with Gasteiger partial charge in [0.2, 0.25) is 5.91 Å². The van der Waals surface area contributed by atoms with Gasteiger partial charge in [-0.1, -0.05) is 54.2 Å². The van der Waals surface area contributed by atoms with Crippen molar-refractivity contribution >= 4 is 34.2 Å². The first-order valence-electron chi connectivity index (χ1n) is 10.4. The summed E-state index contributed by atoms with van der Waals surface area (Å²) >= 11 is 1.46. The van der Waals surface area contributed by atoms with Gasteiger partial charge in [-0.3, -0.25) is 9.20 Å². The predicted octanol–water partition coefficient (Wildman–Crippen LogP) is 4.87. The number of benzene rings is 2. The van der Waals surface area contributed by atoms with E-state index in [1.165, 1.54) is 33.8 Å². The second-order valence-corrected chi connectivity index (χ2v) is 9.24. The maximum absolute atomic E-state index is 13.0. The zero-order valence-electron chi connectivity index (χ0n) is 17.1. The average molecular weight is 417 g/mol. The number of pyridine rings is 1. The van der Waals surface area contributed by atoms with E-state index in [0.717, 1.165) is 35.6 Å². The molecule has 2 atom stereocenters. The molecule has 0 radical (unpaired) electrons. The maximum atomic E-state index is 13.0. The number of rotatable bonds is 4. The lowest BCUT2D eigenvalue weighted by Crippen LogP contribution is -2.36. The molecular formula is C24H24N4OS. The fraction of sp³-hybridized carbons (Fsp3) is 0.292. The zero-order valence-corrected chi connectivity index (χ0v) is 17.9. The highest BCUT2D eigenvalue weighted by atomic mass is 32.2. The minimum atomic E-state index is -0.272. The number of nitrogens with one attached hydrogen (secondary N) is 1. The van der Waals surface area contributed by atoms with Crippen molar-refractivity contribution in [3.63, 3.8) is 0 Å². The normalized spacial score (nSPS) is 17.1. The predicted molar refractivity (Wildman–Crippen MR) is 121 cm³/mol. The van der Waals surface area contributed by atoms with Crippen molar-refractivity contribution in [3.05, 3.63) is 71.3 Å². The number of fused-ring (bicyclic) bond motifs is 4. The van der Waals surface area contributed by atoms with Crippen molar-refractivity contribution in [3.8, 4) is 0 Å². The molecule has 1 aliphatic carbocycles. The minimum Gasteiger partial charge on any atom is -0.348 e. The largest absolute Gasteiger partial charge is 0.348 e. The topological polar surface area (TPSA) is 59.3 Å². The second kappa shape index (κ2) is 7.76. The highest BCUT2D eigenvalue weighted by Gasteiger charge is 2.25. The Kier molecular flexibility index (Phi) is 4.95. The highest BCUT2D eigenvalue weighted by molar-refractivity contribution is 8.00. The summed E-state index contributed by atoms with van der Waals surface area (Å²) in [6, 6.07) is 18.8. The van der Waals surface area contributed by atoms with E-state index in [1.807, 2.05) is 29.5 Å². The van der Waals surface area contributed by atoms with Crippen LogP contribution in [0.1, 0.15) is 42.5 Å². The molecule has 5 rings (SSSR count). The van der Waals surface area contributed by atoms with Gasteiger partial charge in [-0.15, -0.1) is 10.2 Å². The molecule has 4 aromatic rings. The summed E-state index contributed by atoms with van der Waals surface area (Å²) in [6.07, 6.45) is 3.17. The molecule has 1 amide bonds. The number of carbonyl (C=O) groups is 1. The average Bonchev–Trinajstić information content (AvgIpc) is 3.16. The number of hydrogen-bond donors (Lipinski definition) is 1. The van der Waals surface area contributed by atoms with E-state index < -0.39 is 0 Å². The van der Waals surface area contributed by atoms with E-state index in [-0.39, 0.29) is 17.2 Å². The lowest BCUT2D eigenvalue weighted by Gasteiger charge is -2.27. The summed E-state index contributed by atoms with van der Waals surface area (Å²) in [5.41, 5.74) is 5.64. The van der Waals surface area contributed by atoms with Crippen LogP contribution in [0.2, 0.25) is 0 Å². The number of amides is 1. The smallest absolute Gasteiger partial charge is 0.233 e. The van der Waals surface area contributed by atoms with Crippen LogP contribution < -0.4 is 5.32 Å². The molecule has 2 unspecified atom stereocenters. The first-order valence-corrected chi connectivity index (χ1v) is 11.3. The maximum Gasteiger partial charge on any atom is 0.233 e. The van der Waals surface area contributed by atoms with Crippen molar-refractivity contribution < 1.29 is 4.79 Å². The van der Waals surface area contributed by atoms with Crippen LogP contribution in [0.25, 0.3) is 16.6 Å². The van der Waals surface area contributed by atoms with Crippen LogP contribution in [0, 0.1) is 6.92 Å². The molecule has 0 bridgehead atoms. The van der Waals surface area contributed by atoms with Crippen LogP contribution in [0.3, 0.4) is 0 Å². The molecule has 6 heteroatoms. The molecule has 30 heavy (non-hydrogen) atoms. The fourth-order valence-electron chi connectivity index (χ4n) is 4.36. The number of carbonyl (C=O) groups excluding carboxylic acids is 1. The van der Waals surface area contributed by atoms with Crippen molar-refractivity contribution in [2.45, 2.75) is 49.6 Å². The van der Waals surface area contributed by atoms with Crippen molar-refractivity contribution in [2.24, 2.45) is 0 Å². The zero-order chi connectivity index (χ0) is 20.7. The first-order chi connectivity index (χ1) is 14.6. The number of thioether (sulfide) groups is 1. The fourth-order valence-corrected chi connectivity index (χ4v) is 5.23. The molecule has 0 saturated carbocycles. The number of para-hydroxylation sites is 1. The Labute approximate surface area is 179 Å². The Morgan fingerprint density at radius 3 is 2.87 bits per heavy atom. The van der Waals surface area contributed by atoms with Crippen LogP contribution in [0.5, 0.6) is 0 Å². The third-order valence-electron chi connectivity index (χ3n) is 5.91. The van der Waals surface area contributed by atoms with Gasteiger partial charge < -0.3 is 5.32 Å². The minimum absolute atomic E-state index is 0.0369. The molecule has 0 saturated heterocycles. The number of hydrogen-bond acceptors (Lipinski definition) is 4. The van der Waals surface area contributed by atoms with Gasteiger partial charge in [0.1, 0.15) is 0 Å². The highest BCUT2D eigenvalue weighted by Crippen LogP contribution is 2.31. The SMILES string of the molecule is Cc1cc2nnc(SC(C)C(=O)NC3CCCc4ccccc43)n2c2ccccc12. The van der Waals surface area contributed by atoms with Crippen molar-refractivity contribution in [1.82, 2.24) is 19.9 Å². The standard InChI is InChI=1S/C24H24N4OS/c1-15-14-22-26-27-24(28(22)21-13-6-5-10-18(15)21)30-16(2)23(29)25-20-12-7-9-17-8-3-4-11-19(17)20/h3-6,8,10-11,13-14,16,20H,7,9,12H2,1-2H3,(H,25,29). The summed E-state index contributed by atoms with van der Waals surface area (Å²) in [6.45, 7) is 4.02. The molecule has 152 valence electrons. The Morgan fingerprint density at radius 2 is 1.97 bits per heavy atom. The molecule has 1 aliphatic rings. The summed E-state index contributed by atoms with van der Waals surface area (Å²) in [5.74, 6) is 0.0369. The van der Waals surface area contributed by atoms with Crippen LogP contribution in [0.4, 0.5) is 0 Å². The van der Waals surface area contributed by atoms with Crippen LogP contribution in [-0.2, 0) is 11.2 Å². The van der Waals surface area contributed by atoms with Crippen molar-refractivity contribution in [2.75, 3.05) is 0 Å². The molecule has 0 aliphatic heterocycles. The lowest BCUT2D eigenvalue weighted by molar-refractivity contribution is -0.121. The Morgan fingerprint density at radius 1 is 1.17 bits per heavy atom. The molecular weight excluding hydrogens is 392 g/mol. The molecule has 1 N–H and O–H groups in total. The monoisotopic (exact) mass is 416 g/mol. The third-order valence-corrected chi connectivity index (χ3v) is 6.95. The second-order valence-electron chi connectivity index (χ2n) is 7.93. The first kappa shape index (κ1) is 19.1. The Hall–Kier alpha value is -2.86. The summed E-state index contributed by atoms with van der Waals surface area (Å²) in [4.78, 5) is 13.0. The van der Waals surface area contributed by atoms with Gasteiger partial charge in [-0.2, -0.15) is 0 Å². The van der Waals surface area contributed by atoms with E-state index >= 15 is 0 Å². The molecule has 2 aromatic heterocycles. The van der Waals surface area contributed by atoms with Gasteiger partial charge in [0.15, 0.2) is 10.8 Å². The molecule has 5 nitrogen and oxygen atoms in total. The summed E-state index contributed by atoms with van der Waals surface area (Å²) < 4.78 is 2.05. The lowest BCUT2D eigenvalue weighted by atomic mass is 9.88. The van der Waals surface area contributed by atoms with Crippen molar-refractivity contribution in [1.29, 1.82) is 0 Å². The molecule has 0 spiro atoms. The number of aryl methyl sites for hydroxylation is 2. The van der Waals surface area contributed by atoms with Crippen LogP contribution in [0.15, 0.2) is 59.8 Å². The number of aromatic nitrogens is 3. The quantitative estimate of drug-likeness (QED) is 0.483. The summed E-state index contributed by atoms with van der Waals surface area (Å²) in [5, 5.41) is 13.6. The Balaban J connectivity index is 1.40. The molecule has 2 heterocycles. The van der Waals surface area contributed by atoms with Gasteiger partial charge in [-0.25, -0.2) is 0 Å². The summed E-state index contributed by atoms with van der Waals surface area (Å²) in [7, 11) is 0. The van der Waals surface area contributed by atoms with Gasteiger partial charge in [0.25, 0.3) is 0 Å². The van der Waals surface area contributed by atoms with E-state index in [0.29, 0.717) is 0 Å². The van der Waals surface area contributed by atoms with Gasteiger partial charge in [0.05, 0.1) is 16.8 Å².